The van der Waals surface area contributed by atoms with Crippen LogP contribution in [0.15, 0.2) is 53.8 Å². The summed E-state index contributed by atoms with van der Waals surface area (Å²) in [5.41, 5.74) is 9.11. The first kappa shape index (κ1) is 18.4. The number of fused-ring (bicyclic) bond motifs is 3. The molecule has 0 bridgehead atoms. The van der Waals surface area contributed by atoms with Crippen molar-refractivity contribution in [3.05, 3.63) is 59.9 Å². The Morgan fingerprint density at radius 2 is 1.79 bits per heavy atom. The van der Waals surface area contributed by atoms with E-state index >= 15 is 0 Å². The van der Waals surface area contributed by atoms with Crippen molar-refractivity contribution >= 4 is 5.84 Å². The molecule has 6 heteroatoms. The molecular weight excluding hydrogens is 367 g/mol. The maximum absolute atomic E-state index is 14.6. The smallest absolute Gasteiger partial charge is 0.163 e. The Morgan fingerprint density at radius 1 is 1.07 bits per heavy atom. The lowest BCUT2D eigenvalue weighted by Gasteiger charge is -2.48. The average Bonchev–Trinajstić information content (AvgIpc) is 3.19. The molecule has 1 saturated carbocycles. The third-order valence-electron chi connectivity index (χ3n) is 7.39. The standard InChI is InChI=1S/C23H25FN4O/c1-21(29-2)5-7-22(8-6-21)10-16-4-3-15(17-12-26-14-27-13-17)9-18(16)23(22)11-19(24)20(25)28-23/h3-4,9,11-14H,5-8,10H2,1-2H3,(H2,25,28). The van der Waals surface area contributed by atoms with Crippen molar-refractivity contribution in [3.8, 4) is 11.1 Å². The number of nitrogens with zero attached hydrogens (tertiary/aromatic N) is 3. The zero-order chi connectivity index (χ0) is 20.3. The Bertz CT molecular complexity index is 1000. The van der Waals surface area contributed by atoms with Crippen LogP contribution in [0.25, 0.3) is 11.1 Å². The molecule has 2 N–H and O–H groups in total. The summed E-state index contributed by atoms with van der Waals surface area (Å²) in [5.74, 6) is -0.406. The number of amidine groups is 1. The number of aliphatic imine (C=N–C) groups is 1. The quantitative estimate of drug-likeness (QED) is 0.836. The molecule has 0 amide bonds. The van der Waals surface area contributed by atoms with Gasteiger partial charge in [-0.1, -0.05) is 12.1 Å². The molecule has 29 heavy (non-hydrogen) atoms. The highest BCUT2D eigenvalue weighted by Gasteiger charge is 2.60. The number of rotatable bonds is 2. The molecule has 1 aromatic carbocycles. The van der Waals surface area contributed by atoms with Crippen LogP contribution in [0, 0.1) is 5.41 Å². The molecular formula is C23H25FN4O. The highest BCUT2D eigenvalue weighted by molar-refractivity contribution is 5.98. The average molecular weight is 392 g/mol. The third kappa shape index (κ3) is 2.58. The van der Waals surface area contributed by atoms with E-state index in [0.29, 0.717) is 0 Å². The number of hydrogen-bond acceptors (Lipinski definition) is 5. The van der Waals surface area contributed by atoms with Crippen molar-refractivity contribution in [2.45, 2.75) is 50.2 Å². The fraction of sp³-hybridized carbons (Fsp3) is 0.435. The van der Waals surface area contributed by atoms with Gasteiger partial charge in [-0.05, 0) is 67.9 Å². The predicted molar refractivity (Wildman–Crippen MR) is 110 cm³/mol. The van der Waals surface area contributed by atoms with Gasteiger partial charge in [0, 0.05) is 30.5 Å². The molecule has 1 aromatic heterocycles. The summed E-state index contributed by atoms with van der Waals surface area (Å²) in [5, 5.41) is 0. The van der Waals surface area contributed by atoms with Crippen molar-refractivity contribution in [1.29, 1.82) is 0 Å². The van der Waals surface area contributed by atoms with E-state index < -0.39 is 11.4 Å². The van der Waals surface area contributed by atoms with Crippen LogP contribution in [0.2, 0.25) is 0 Å². The second-order valence-electron chi connectivity index (χ2n) is 8.87. The maximum atomic E-state index is 14.6. The molecule has 1 fully saturated rings. The van der Waals surface area contributed by atoms with Crippen molar-refractivity contribution in [2.24, 2.45) is 16.1 Å². The fourth-order valence-electron chi connectivity index (χ4n) is 5.46. The van der Waals surface area contributed by atoms with Gasteiger partial charge in [0.1, 0.15) is 11.9 Å². The number of ether oxygens (including phenoxy) is 1. The van der Waals surface area contributed by atoms with Crippen molar-refractivity contribution in [2.75, 3.05) is 7.11 Å². The van der Waals surface area contributed by atoms with Crippen molar-refractivity contribution in [3.63, 3.8) is 0 Å². The van der Waals surface area contributed by atoms with Gasteiger partial charge >= 0.3 is 0 Å². The van der Waals surface area contributed by atoms with Crippen LogP contribution in [0.5, 0.6) is 0 Å². The summed E-state index contributed by atoms with van der Waals surface area (Å²) >= 11 is 0. The molecule has 5 rings (SSSR count). The molecule has 150 valence electrons. The van der Waals surface area contributed by atoms with Crippen LogP contribution in [0.1, 0.15) is 43.7 Å². The topological polar surface area (TPSA) is 73.4 Å². The minimum Gasteiger partial charge on any atom is -0.382 e. The minimum atomic E-state index is -0.753. The van der Waals surface area contributed by atoms with Gasteiger partial charge in [0.25, 0.3) is 0 Å². The van der Waals surface area contributed by atoms with Gasteiger partial charge in [-0.3, -0.25) is 0 Å². The summed E-state index contributed by atoms with van der Waals surface area (Å²) in [7, 11) is 1.77. The molecule has 5 nitrogen and oxygen atoms in total. The first-order chi connectivity index (χ1) is 13.9. The molecule has 1 unspecified atom stereocenters. The Hall–Kier alpha value is -2.60. The van der Waals surface area contributed by atoms with E-state index in [1.165, 1.54) is 11.9 Å². The highest BCUT2D eigenvalue weighted by atomic mass is 19.1. The van der Waals surface area contributed by atoms with E-state index in [4.69, 9.17) is 15.5 Å². The summed E-state index contributed by atoms with van der Waals surface area (Å²) in [4.78, 5) is 13.0. The zero-order valence-electron chi connectivity index (χ0n) is 16.8. The monoisotopic (exact) mass is 392 g/mol. The lowest BCUT2D eigenvalue weighted by molar-refractivity contribution is -0.0635. The van der Waals surface area contributed by atoms with E-state index in [1.807, 2.05) is 0 Å². The highest BCUT2D eigenvalue weighted by Crippen LogP contribution is 2.63. The van der Waals surface area contributed by atoms with E-state index in [0.717, 1.165) is 48.8 Å². The predicted octanol–water partition coefficient (Wildman–Crippen LogP) is 4.08. The summed E-state index contributed by atoms with van der Waals surface area (Å²) < 4.78 is 20.4. The number of aromatic nitrogens is 2. The van der Waals surface area contributed by atoms with Gasteiger partial charge in [-0.25, -0.2) is 19.4 Å². The van der Waals surface area contributed by atoms with Crippen LogP contribution >= 0.6 is 0 Å². The summed E-state index contributed by atoms with van der Waals surface area (Å²) in [6, 6.07) is 6.36. The van der Waals surface area contributed by atoms with E-state index in [1.54, 1.807) is 25.6 Å². The number of nitrogens with two attached hydrogens (primary N) is 1. The van der Waals surface area contributed by atoms with E-state index in [2.05, 4.69) is 35.1 Å². The van der Waals surface area contributed by atoms with Crippen LogP contribution < -0.4 is 5.73 Å². The zero-order valence-corrected chi connectivity index (χ0v) is 16.8. The molecule has 2 aromatic rings. The van der Waals surface area contributed by atoms with Gasteiger partial charge < -0.3 is 10.5 Å². The Kier molecular flexibility index (Phi) is 3.94. The molecule has 2 spiro atoms. The van der Waals surface area contributed by atoms with Gasteiger partial charge in [-0.2, -0.15) is 0 Å². The van der Waals surface area contributed by atoms with Crippen LogP contribution in [-0.2, 0) is 16.7 Å². The summed E-state index contributed by atoms with van der Waals surface area (Å²) in [6.45, 7) is 2.16. The van der Waals surface area contributed by atoms with E-state index in [-0.39, 0.29) is 16.9 Å². The molecule has 3 aliphatic rings. The normalized spacial score (nSPS) is 33.1. The lowest BCUT2D eigenvalue weighted by atomic mass is 9.59. The first-order valence-electron chi connectivity index (χ1n) is 10.1. The molecule has 2 aliphatic carbocycles. The second-order valence-corrected chi connectivity index (χ2v) is 8.87. The minimum absolute atomic E-state index is 0.00532. The number of methoxy groups -OCH3 is 1. The van der Waals surface area contributed by atoms with Gasteiger partial charge in [0.15, 0.2) is 11.7 Å². The van der Waals surface area contributed by atoms with Crippen molar-refractivity contribution in [1.82, 2.24) is 9.97 Å². The van der Waals surface area contributed by atoms with Gasteiger partial charge in [0.2, 0.25) is 0 Å². The molecule has 1 aliphatic heterocycles. The molecule has 0 radical (unpaired) electrons. The number of halogens is 1. The number of benzene rings is 1. The molecule has 1 atom stereocenters. The Balaban J connectivity index is 1.65. The summed E-state index contributed by atoms with van der Waals surface area (Å²) in [6.07, 6.45) is 11.3. The number of hydrogen-bond donors (Lipinski definition) is 1. The van der Waals surface area contributed by atoms with Crippen LogP contribution in [0.4, 0.5) is 4.39 Å². The second kappa shape index (κ2) is 6.20. The van der Waals surface area contributed by atoms with E-state index in [9.17, 15) is 4.39 Å². The van der Waals surface area contributed by atoms with Gasteiger partial charge in [-0.15, -0.1) is 0 Å². The largest absolute Gasteiger partial charge is 0.382 e. The SMILES string of the molecule is COC1(C)CCC2(CC1)Cc1ccc(-c3cncnc3)cc1C21C=C(F)C(N)=N1. The van der Waals surface area contributed by atoms with Crippen LogP contribution in [0.3, 0.4) is 0 Å². The third-order valence-corrected chi connectivity index (χ3v) is 7.39. The molecule has 0 saturated heterocycles. The van der Waals surface area contributed by atoms with Crippen LogP contribution in [-0.4, -0.2) is 28.5 Å². The fourth-order valence-corrected chi connectivity index (χ4v) is 5.46. The lowest BCUT2D eigenvalue weighted by Crippen LogP contribution is -2.46. The first-order valence-corrected chi connectivity index (χ1v) is 10.1. The van der Waals surface area contributed by atoms with Crippen molar-refractivity contribution < 1.29 is 9.13 Å². The van der Waals surface area contributed by atoms with Gasteiger partial charge in [0.05, 0.1) is 5.60 Å². The molecule has 2 heterocycles. The Morgan fingerprint density at radius 3 is 2.41 bits per heavy atom. The Labute approximate surface area is 169 Å². The maximum Gasteiger partial charge on any atom is 0.163 e.